The van der Waals surface area contributed by atoms with E-state index >= 15 is 0 Å². The lowest BCUT2D eigenvalue weighted by Gasteiger charge is -2.20. The topological polar surface area (TPSA) is 59.2 Å². The van der Waals surface area contributed by atoms with Gasteiger partial charge in [-0.1, -0.05) is 18.0 Å². The molecule has 0 atom stereocenters. The highest BCUT2D eigenvalue weighted by molar-refractivity contribution is 5.94. The van der Waals surface area contributed by atoms with E-state index in [0.717, 1.165) is 55.7 Å². The second-order valence-electron chi connectivity index (χ2n) is 6.52. The SMILES string of the molecule is O=C(c1ccc(-c2nc(C3CC3)no2)cc1)N1CCCCCC1. The molecule has 2 aliphatic rings. The molecule has 23 heavy (non-hydrogen) atoms. The molecule has 5 heteroatoms. The molecular formula is C18H21N3O2. The van der Waals surface area contributed by atoms with Crippen LogP contribution in [0, 0.1) is 0 Å². The maximum Gasteiger partial charge on any atom is 0.257 e. The molecule has 0 radical (unpaired) electrons. The van der Waals surface area contributed by atoms with E-state index in [1.54, 1.807) is 0 Å². The molecule has 0 N–H and O–H groups in total. The van der Waals surface area contributed by atoms with Gasteiger partial charge in [-0.05, 0) is 49.9 Å². The van der Waals surface area contributed by atoms with Crippen LogP contribution in [0.1, 0.15) is 60.6 Å². The predicted molar refractivity (Wildman–Crippen MR) is 86.1 cm³/mol. The summed E-state index contributed by atoms with van der Waals surface area (Å²) in [6, 6.07) is 7.53. The van der Waals surface area contributed by atoms with E-state index in [0.29, 0.717) is 11.8 Å². The fraction of sp³-hybridized carbons (Fsp3) is 0.500. The molecule has 0 spiro atoms. The van der Waals surface area contributed by atoms with E-state index in [1.807, 2.05) is 29.2 Å². The molecule has 1 saturated heterocycles. The average molecular weight is 311 g/mol. The standard InChI is InChI=1S/C18H21N3O2/c22-18(21-11-3-1-2-4-12-21)15-9-7-14(8-10-15)17-19-16(20-23-17)13-5-6-13/h7-10,13H,1-6,11-12H2. The number of benzene rings is 1. The number of amides is 1. The minimum absolute atomic E-state index is 0.127. The number of likely N-dealkylation sites (tertiary alicyclic amines) is 1. The van der Waals surface area contributed by atoms with Crippen molar-refractivity contribution in [3.05, 3.63) is 35.7 Å². The van der Waals surface area contributed by atoms with Crippen LogP contribution < -0.4 is 0 Å². The number of rotatable bonds is 3. The molecule has 2 fully saturated rings. The zero-order chi connectivity index (χ0) is 15.6. The van der Waals surface area contributed by atoms with Crippen LogP contribution in [0.5, 0.6) is 0 Å². The van der Waals surface area contributed by atoms with Crippen molar-refractivity contribution in [1.29, 1.82) is 0 Å². The van der Waals surface area contributed by atoms with Crippen molar-refractivity contribution in [2.75, 3.05) is 13.1 Å². The fourth-order valence-electron chi connectivity index (χ4n) is 3.07. The first-order chi connectivity index (χ1) is 11.3. The molecule has 1 amide bonds. The van der Waals surface area contributed by atoms with Crippen LogP contribution in [0.3, 0.4) is 0 Å². The average Bonchev–Trinajstić information content (AvgIpc) is 3.38. The van der Waals surface area contributed by atoms with Gasteiger partial charge >= 0.3 is 0 Å². The summed E-state index contributed by atoms with van der Waals surface area (Å²) < 4.78 is 5.33. The van der Waals surface area contributed by atoms with Crippen LogP contribution >= 0.6 is 0 Å². The van der Waals surface area contributed by atoms with Gasteiger partial charge in [0.1, 0.15) is 0 Å². The third-order valence-corrected chi connectivity index (χ3v) is 4.66. The van der Waals surface area contributed by atoms with Crippen molar-refractivity contribution < 1.29 is 9.32 Å². The van der Waals surface area contributed by atoms with Crippen LogP contribution in [0.15, 0.2) is 28.8 Å². The van der Waals surface area contributed by atoms with Crippen LogP contribution in [0.25, 0.3) is 11.5 Å². The number of carbonyl (C=O) groups is 1. The largest absolute Gasteiger partial charge is 0.339 e. The second-order valence-corrected chi connectivity index (χ2v) is 6.52. The monoisotopic (exact) mass is 311 g/mol. The Balaban J connectivity index is 1.49. The van der Waals surface area contributed by atoms with E-state index in [1.165, 1.54) is 12.8 Å². The van der Waals surface area contributed by atoms with Crippen LogP contribution in [0.4, 0.5) is 0 Å². The Kier molecular flexibility index (Phi) is 3.85. The highest BCUT2D eigenvalue weighted by atomic mass is 16.5. The third-order valence-electron chi connectivity index (χ3n) is 4.66. The molecule has 1 saturated carbocycles. The Hall–Kier alpha value is -2.17. The highest BCUT2D eigenvalue weighted by Gasteiger charge is 2.29. The minimum atomic E-state index is 0.127. The lowest BCUT2D eigenvalue weighted by atomic mass is 10.1. The van der Waals surface area contributed by atoms with Gasteiger partial charge in [-0.25, -0.2) is 0 Å². The van der Waals surface area contributed by atoms with Crippen LogP contribution in [-0.2, 0) is 0 Å². The number of hydrogen-bond acceptors (Lipinski definition) is 4. The van der Waals surface area contributed by atoms with Crippen molar-refractivity contribution in [2.45, 2.75) is 44.4 Å². The lowest BCUT2D eigenvalue weighted by Crippen LogP contribution is -2.31. The van der Waals surface area contributed by atoms with E-state index in [9.17, 15) is 4.79 Å². The highest BCUT2D eigenvalue weighted by Crippen LogP contribution is 2.38. The van der Waals surface area contributed by atoms with E-state index in [2.05, 4.69) is 10.1 Å². The first-order valence-electron chi connectivity index (χ1n) is 8.54. The summed E-state index contributed by atoms with van der Waals surface area (Å²) in [6.07, 6.45) is 6.97. The Morgan fingerprint density at radius 1 is 1.04 bits per heavy atom. The molecule has 4 rings (SSSR count). The number of nitrogens with zero attached hydrogens (tertiary/aromatic N) is 3. The maximum atomic E-state index is 12.6. The van der Waals surface area contributed by atoms with Crippen molar-refractivity contribution in [2.24, 2.45) is 0 Å². The second kappa shape index (κ2) is 6.14. The van der Waals surface area contributed by atoms with Gasteiger partial charge in [0.15, 0.2) is 5.82 Å². The summed E-state index contributed by atoms with van der Waals surface area (Å²) >= 11 is 0. The predicted octanol–water partition coefficient (Wildman–Crippen LogP) is 3.63. The van der Waals surface area contributed by atoms with Crippen molar-refractivity contribution >= 4 is 5.91 Å². The Labute approximate surface area is 135 Å². The first-order valence-corrected chi connectivity index (χ1v) is 8.54. The Morgan fingerprint density at radius 3 is 2.39 bits per heavy atom. The van der Waals surface area contributed by atoms with Crippen molar-refractivity contribution in [1.82, 2.24) is 15.0 Å². The maximum absolute atomic E-state index is 12.6. The molecule has 2 aromatic rings. The molecular weight excluding hydrogens is 290 g/mol. The van der Waals surface area contributed by atoms with Gasteiger partial charge in [-0.15, -0.1) is 0 Å². The quantitative estimate of drug-likeness (QED) is 0.868. The first kappa shape index (κ1) is 14.4. The molecule has 0 unspecified atom stereocenters. The summed E-state index contributed by atoms with van der Waals surface area (Å²) in [7, 11) is 0. The molecule has 0 bridgehead atoms. The zero-order valence-corrected chi connectivity index (χ0v) is 13.2. The molecule has 1 aliphatic heterocycles. The van der Waals surface area contributed by atoms with Gasteiger partial charge in [-0.2, -0.15) is 4.98 Å². The summed E-state index contributed by atoms with van der Waals surface area (Å²) in [5.74, 6) is 1.96. The smallest absolute Gasteiger partial charge is 0.257 e. The van der Waals surface area contributed by atoms with Gasteiger partial charge in [0.05, 0.1) is 0 Å². The zero-order valence-electron chi connectivity index (χ0n) is 13.2. The van der Waals surface area contributed by atoms with E-state index in [4.69, 9.17) is 4.52 Å². The number of carbonyl (C=O) groups excluding carboxylic acids is 1. The summed E-state index contributed by atoms with van der Waals surface area (Å²) in [5, 5.41) is 4.03. The molecule has 5 nitrogen and oxygen atoms in total. The Morgan fingerprint density at radius 2 is 1.74 bits per heavy atom. The number of aromatic nitrogens is 2. The van der Waals surface area contributed by atoms with E-state index in [-0.39, 0.29) is 5.91 Å². The lowest BCUT2D eigenvalue weighted by molar-refractivity contribution is 0.0761. The molecule has 120 valence electrons. The minimum Gasteiger partial charge on any atom is -0.339 e. The molecule has 2 heterocycles. The molecule has 1 aromatic carbocycles. The van der Waals surface area contributed by atoms with Crippen LogP contribution in [0.2, 0.25) is 0 Å². The van der Waals surface area contributed by atoms with Crippen molar-refractivity contribution in [3.8, 4) is 11.5 Å². The fourth-order valence-corrected chi connectivity index (χ4v) is 3.07. The summed E-state index contributed by atoms with van der Waals surface area (Å²) in [4.78, 5) is 19.0. The van der Waals surface area contributed by atoms with Gasteiger partial charge in [0.25, 0.3) is 11.8 Å². The molecule has 1 aliphatic carbocycles. The molecule has 1 aromatic heterocycles. The third kappa shape index (κ3) is 3.14. The van der Waals surface area contributed by atoms with Gasteiger partial charge in [0.2, 0.25) is 0 Å². The van der Waals surface area contributed by atoms with Gasteiger partial charge in [-0.3, -0.25) is 4.79 Å². The Bertz CT molecular complexity index is 681. The van der Waals surface area contributed by atoms with Crippen molar-refractivity contribution in [3.63, 3.8) is 0 Å². The number of hydrogen-bond donors (Lipinski definition) is 0. The summed E-state index contributed by atoms with van der Waals surface area (Å²) in [6.45, 7) is 1.74. The normalized spacial score (nSPS) is 18.7. The van der Waals surface area contributed by atoms with Gasteiger partial charge < -0.3 is 9.42 Å². The summed E-state index contributed by atoms with van der Waals surface area (Å²) in [5.41, 5.74) is 1.61. The van der Waals surface area contributed by atoms with Crippen LogP contribution in [-0.4, -0.2) is 34.0 Å². The van der Waals surface area contributed by atoms with E-state index < -0.39 is 0 Å². The van der Waals surface area contributed by atoms with Gasteiger partial charge in [0, 0.05) is 30.1 Å².